The lowest BCUT2D eigenvalue weighted by molar-refractivity contribution is 0.113. The minimum Gasteiger partial charge on any atom is -0.297 e. The van der Waals surface area contributed by atoms with E-state index < -0.39 is 0 Å². The Morgan fingerprint density at radius 3 is 1.11 bits per heavy atom. The summed E-state index contributed by atoms with van der Waals surface area (Å²) in [5, 5.41) is 26.5. The number of hydrogen-bond acceptors (Lipinski definition) is 10. The minimum absolute atomic E-state index is 0.0121. The van der Waals surface area contributed by atoms with Gasteiger partial charge in [-0.3, -0.25) is 19.6 Å². The third-order valence-electron chi connectivity index (χ3n) is 14.7. The molecule has 2 aromatic heterocycles. The largest absolute Gasteiger partial charge is 0.297 e. The van der Waals surface area contributed by atoms with E-state index in [1.165, 1.54) is 55.6 Å². The molecule has 2 aliphatic rings. The van der Waals surface area contributed by atoms with Crippen molar-refractivity contribution in [2.75, 3.05) is 65.4 Å². The summed E-state index contributed by atoms with van der Waals surface area (Å²) in [6, 6.07) is 51.6. The van der Waals surface area contributed by atoms with E-state index in [4.69, 9.17) is 0 Å². The molecule has 0 amide bonds. The van der Waals surface area contributed by atoms with Gasteiger partial charge in [-0.25, -0.2) is 0 Å². The van der Waals surface area contributed by atoms with Crippen LogP contribution in [-0.2, 0) is 12.8 Å². The van der Waals surface area contributed by atoms with Crippen molar-refractivity contribution in [3.8, 4) is 11.4 Å². The molecule has 10 rings (SSSR count). The van der Waals surface area contributed by atoms with Gasteiger partial charge in [0.25, 0.3) is 0 Å². The number of benzene rings is 6. The standard InChI is InChI=1S/2C31H36N6/c2*1-4-26-15-17-28(18-16-26)30(31-32-33-34-37(31)29-24(2)10-8-11-25(29)3)36-22-20-35(21-23-36)19-9-14-27-12-6-5-7-13-27/h2*5-18,30H,4,19-23H2,1-3H3/b2*14-9+/t2*30-/m10/s1. The monoisotopic (exact) mass is 985 g/mol. The molecule has 4 heterocycles. The summed E-state index contributed by atoms with van der Waals surface area (Å²) in [6.07, 6.45) is 11.0. The van der Waals surface area contributed by atoms with E-state index in [0.29, 0.717) is 0 Å². The predicted octanol–water partition coefficient (Wildman–Crippen LogP) is 10.5. The van der Waals surface area contributed by atoms with E-state index >= 15 is 0 Å². The van der Waals surface area contributed by atoms with Crippen LogP contribution in [0.15, 0.2) is 158 Å². The van der Waals surface area contributed by atoms with Crippen molar-refractivity contribution < 1.29 is 0 Å². The molecule has 0 aliphatic carbocycles. The molecule has 0 radical (unpaired) electrons. The number of hydrogen-bond donors (Lipinski definition) is 0. The molecular weight excluding hydrogens is 913 g/mol. The zero-order chi connectivity index (χ0) is 51.2. The van der Waals surface area contributed by atoms with E-state index in [-0.39, 0.29) is 12.1 Å². The van der Waals surface area contributed by atoms with Gasteiger partial charge in [-0.2, -0.15) is 9.36 Å². The molecule has 74 heavy (non-hydrogen) atoms. The molecule has 0 unspecified atom stereocenters. The highest BCUT2D eigenvalue weighted by Crippen LogP contribution is 2.33. The number of rotatable bonds is 16. The molecule has 6 aromatic carbocycles. The fraction of sp³-hybridized carbons (Fsp3) is 0.323. The van der Waals surface area contributed by atoms with Gasteiger partial charge in [0.05, 0.1) is 23.5 Å². The third-order valence-corrected chi connectivity index (χ3v) is 14.7. The van der Waals surface area contributed by atoms with Gasteiger partial charge < -0.3 is 0 Å². The number of para-hydroxylation sites is 2. The Balaban J connectivity index is 0.000000182. The second-order valence-corrected chi connectivity index (χ2v) is 19.7. The Kier molecular flexibility index (Phi) is 17.6. The maximum absolute atomic E-state index is 4.61. The smallest absolute Gasteiger partial charge is 0.178 e. The van der Waals surface area contributed by atoms with Gasteiger partial charge in [-0.15, -0.1) is 10.2 Å². The minimum atomic E-state index is -0.0121. The Hall–Kier alpha value is -7.22. The number of tetrazole rings is 2. The number of nitrogens with zero attached hydrogens (tertiary/aromatic N) is 12. The molecule has 8 aromatic rings. The zero-order valence-electron chi connectivity index (χ0n) is 44.2. The molecule has 380 valence electrons. The first kappa shape index (κ1) is 51.7. The van der Waals surface area contributed by atoms with Crippen LogP contribution in [0.25, 0.3) is 23.5 Å². The summed E-state index contributed by atoms with van der Waals surface area (Å²) < 4.78 is 3.91. The van der Waals surface area contributed by atoms with E-state index in [1.807, 2.05) is 9.36 Å². The van der Waals surface area contributed by atoms with E-state index in [9.17, 15) is 0 Å². The van der Waals surface area contributed by atoms with Crippen LogP contribution in [0.1, 0.15) is 93.2 Å². The Morgan fingerprint density at radius 1 is 0.419 bits per heavy atom. The number of piperazine rings is 2. The molecule has 0 saturated carbocycles. The number of aromatic nitrogens is 8. The van der Waals surface area contributed by atoms with Crippen molar-refractivity contribution in [3.63, 3.8) is 0 Å². The molecule has 0 bridgehead atoms. The summed E-state index contributed by atoms with van der Waals surface area (Å²) in [7, 11) is 0. The SMILES string of the molecule is CCc1ccc([C@@H](c2nnnn2-c2c(C)cccc2C)N2CCN(C/C=C/c3ccccc3)CC2)cc1.CCc1ccc([C@H](c2nnnn2-c2c(C)cccc2C)N2CCN(C/C=C/c3ccccc3)CC2)cc1. The van der Waals surface area contributed by atoms with Crippen molar-refractivity contribution in [1.29, 1.82) is 0 Å². The molecule has 12 heteroatoms. The highest BCUT2D eigenvalue weighted by atomic mass is 15.6. The molecule has 2 saturated heterocycles. The average molecular weight is 985 g/mol. The summed E-state index contributed by atoms with van der Waals surface area (Å²) >= 11 is 0. The van der Waals surface area contributed by atoms with E-state index in [2.05, 4.69) is 262 Å². The van der Waals surface area contributed by atoms with Crippen LogP contribution in [0, 0.1) is 27.7 Å². The molecule has 2 fully saturated rings. The fourth-order valence-corrected chi connectivity index (χ4v) is 10.5. The Labute approximate surface area is 438 Å². The molecule has 0 N–H and O–H groups in total. The van der Waals surface area contributed by atoms with Crippen molar-refractivity contribution in [1.82, 2.24) is 60.0 Å². The van der Waals surface area contributed by atoms with Crippen molar-refractivity contribution >= 4 is 12.2 Å². The molecule has 0 spiro atoms. The molecular formula is C62H72N12. The van der Waals surface area contributed by atoms with Crippen LogP contribution in [0.4, 0.5) is 0 Å². The molecule has 2 atom stereocenters. The van der Waals surface area contributed by atoms with Crippen LogP contribution in [0.3, 0.4) is 0 Å². The predicted molar refractivity (Wildman–Crippen MR) is 300 cm³/mol. The van der Waals surface area contributed by atoms with Gasteiger partial charge in [0.2, 0.25) is 0 Å². The quantitative estimate of drug-likeness (QED) is 0.0930. The van der Waals surface area contributed by atoms with Crippen molar-refractivity contribution in [3.05, 3.63) is 225 Å². The van der Waals surface area contributed by atoms with E-state index in [1.54, 1.807) is 0 Å². The fourth-order valence-electron chi connectivity index (χ4n) is 10.5. The van der Waals surface area contributed by atoms with Crippen molar-refractivity contribution in [2.45, 2.75) is 66.5 Å². The second kappa shape index (κ2) is 25.1. The zero-order valence-corrected chi connectivity index (χ0v) is 44.2. The summed E-state index contributed by atoms with van der Waals surface area (Å²) in [4.78, 5) is 10.1. The van der Waals surface area contributed by atoms with Crippen LogP contribution in [-0.4, -0.2) is 125 Å². The topological polar surface area (TPSA) is 100 Å². The highest BCUT2D eigenvalue weighted by molar-refractivity contribution is 5.51. The highest BCUT2D eigenvalue weighted by Gasteiger charge is 2.33. The third kappa shape index (κ3) is 12.6. The van der Waals surface area contributed by atoms with Crippen LogP contribution >= 0.6 is 0 Å². The molecule has 2 aliphatic heterocycles. The van der Waals surface area contributed by atoms with Gasteiger partial charge >= 0.3 is 0 Å². The summed E-state index contributed by atoms with van der Waals surface area (Å²) in [5.74, 6) is 1.75. The van der Waals surface area contributed by atoms with Gasteiger partial charge in [0.15, 0.2) is 11.6 Å². The normalized spacial score (nSPS) is 15.9. The summed E-state index contributed by atoms with van der Waals surface area (Å²) in [6.45, 7) is 22.7. The van der Waals surface area contributed by atoms with Crippen LogP contribution < -0.4 is 0 Å². The Bertz CT molecular complexity index is 2800. The van der Waals surface area contributed by atoms with E-state index in [0.717, 1.165) is 101 Å². The average Bonchev–Trinajstić information content (AvgIpc) is 4.11. The maximum atomic E-state index is 4.61. The first-order valence-electron chi connectivity index (χ1n) is 26.5. The Morgan fingerprint density at radius 2 is 0.770 bits per heavy atom. The first-order chi connectivity index (χ1) is 36.3. The lowest BCUT2D eigenvalue weighted by Crippen LogP contribution is -2.48. The number of aryl methyl sites for hydroxylation is 6. The lowest BCUT2D eigenvalue weighted by atomic mass is 10.0. The maximum Gasteiger partial charge on any atom is 0.178 e. The van der Waals surface area contributed by atoms with Crippen molar-refractivity contribution in [2.24, 2.45) is 0 Å². The lowest BCUT2D eigenvalue weighted by Gasteiger charge is -2.38. The van der Waals surface area contributed by atoms with Gasteiger partial charge in [0.1, 0.15) is 0 Å². The van der Waals surface area contributed by atoms with Gasteiger partial charge in [-0.05, 0) is 117 Å². The van der Waals surface area contributed by atoms with Crippen LogP contribution in [0.2, 0.25) is 0 Å². The van der Waals surface area contributed by atoms with Gasteiger partial charge in [0, 0.05) is 65.4 Å². The first-order valence-corrected chi connectivity index (χ1v) is 26.5. The molecule has 12 nitrogen and oxygen atoms in total. The van der Waals surface area contributed by atoms with Gasteiger partial charge in [-0.1, -0.05) is 184 Å². The second-order valence-electron chi connectivity index (χ2n) is 19.7. The van der Waals surface area contributed by atoms with Crippen LogP contribution in [0.5, 0.6) is 0 Å². The summed E-state index contributed by atoms with van der Waals surface area (Å²) in [5.41, 5.74) is 14.5.